The first-order valence-electron chi connectivity index (χ1n) is 6.72. The van der Waals surface area contributed by atoms with Crippen molar-refractivity contribution in [1.29, 1.82) is 0 Å². The molecule has 2 nitrogen and oxygen atoms in total. The van der Waals surface area contributed by atoms with E-state index in [9.17, 15) is 0 Å². The molecule has 0 aliphatic carbocycles. The Morgan fingerprint density at radius 3 is 2.50 bits per heavy atom. The highest BCUT2D eigenvalue weighted by atomic mass is 32.2. The van der Waals surface area contributed by atoms with Crippen LogP contribution in [0.25, 0.3) is 0 Å². The van der Waals surface area contributed by atoms with Crippen molar-refractivity contribution in [2.45, 2.75) is 43.7 Å². The summed E-state index contributed by atoms with van der Waals surface area (Å²) in [6, 6.07) is 9.54. The highest BCUT2D eigenvalue weighted by Gasteiger charge is 2.32. The molecule has 1 aliphatic rings. The molecule has 1 heterocycles. The lowest BCUT2D eigenvalue weighted by molar-refractivity contribution is 0.454. The molecule has 0 amide bonds. The standard InChI is InChI=1S/C15H24N2S/c1-5-18-14-8-6-12(7-9-14)17(4)13-10-15(2,3)16-11-13/h6-9,13,16H,5,10-11H2,1-4H3. The molecule has 0 aromatic heterocycles. The molecule has 1 aromatic rings. The average molecular weight is 264 g/mol. The number of nitrogens with one attached hydrogen (secondary N) is 1. The van der Waals surface area contributed by atoms with Crippen molar-refractivity contribution in [1.82, 2.24) is 5.32 Å². The number of anilines is 1. The second-order valence-electron chi connectivity index (χ2n) is 5.66. The van der Waals surface area contributed by atoms with Gasteiger partial charge in [0.05, 0.1) is 0 Å². The number of likely N-dealkylation sites (N-methyl/N-ethyl adjacent to an activating group) is 1. The van der Waals surface area contributed by atoms with Crippen molar-refractivity contribution in [3.05, 3.63) is 24.3 Å². The van der Waals surface area contributed by atoms with Crippen molar-refractivity contribution < 1.29 is 0 Å². The van der Waals surface area contributed by atoms with Gasteiger partial charge in [-0.1, -0.05) is 6.92 Å². The molecule has 1 aromatic carbocycles. The van der Waals surface area contributed by atoms with Crippen molar-refractivity contribution in [3.8, 4) is 0 Å². The van der Waals surface area contributed by atoms with E-state index in [-0.39, 0.29) is 5.54 Å². The first-order chi connectivity index (χ1) is 8.52. The van der Waals surface area contributed by atoms with Gasteiger partial charge >= 0.3 is 0 Å². The predicted molar refractivity (Wildman–Crippen MR) is 81.7 cm³/mol. The average Bonchev–Trinajstić information content (AvgIpc) is 2.70. The van der Waals surface area contributed by atoms with Crippen LogP contribution in [0.2, 0.25) is 0 Å². The maximum atomic E-state index is 3.58. The minimum Gasteiger partial charge on any atom is -0.370 e. The first kappa shape index (κ1) is 13.8. The summed E-state index contributed by atoms with van der Waals surface area (Å²) in [6.45, 7) is 7.83. The Hall–Kier alpha value is -0.670. The van der Waals surface area contributed by atoms with Gasteiger partial charge in [0.2, 0.25) is 0 Å². The molecule has 0 radical (unpaired) electrons. The highest BCUT2D eigenvalue weighted by Crippen LogP contribution is 2.27. The molecular weight excluding hydrogens is 240 g/mol. The maximum absolute atomic E-state index is 3.58. The van der Waals surface area contributed by atoms with Crippen LogP contribution in [0.1, 0.15) is 27.2 Å². The fraction of sp³-hybridized carbons (Fsp3) is 0.600. The van der Waals surface area contributed by atoms with Crippen molar-refractivity contribution in [2.75, 3.05) is 24.2 Å². The third-order valence-corrected chi connectivity index (χ3v) is 4.56. The summed E-state index contributed by atoms with van der Waals surface area (Å²) in [6.07, 6.45) is 1.20. The van der Waals surface area contributed by atoms with Gasteiger partial charge in [-0.05, 0) is 50.3 Å². The van der Waals surface area contributed by atoms with Crippen molar-refractivity contribution >= 4 is 17.4 Å². The van der Waals surface area contributed by atoms with E-state index < -0.39 is 0 Å². The Labute approximate surface area is 115 Å². The van der Waals surface area contributed by atoms with Gasteiger partial charge < -0.3 is 10.2 Å². The van der Waals surface area contributed by atoms with Gasteiger partial charge in [0.15, 0.2) is 0 Å². The molecule has 0 bridgehead atoms. The molecule has 1 aliphatic heterocycles. The summed E-state index contributed by atoms with van der Waals surface area (Å²) < 4.78 is 0. The molecule has 100 valence electrons. The molecule has 0 spiro atoms. The van der Waals surface area contributed by atoms with Gasteiger partial charge in [0.25, 0.3) is 0 Å². The van der Waals surface area contributed by atoms with E-state index in [4.69, 9.17) is 0 Å². The lowest BCUT2D eigenvalue weighted by atomic mass is 10.0. The molecule has 0 saturated carbocycles. The normalized spacial score (nSPS) is 22.1. The lowest BCUT2D eigenvalue weighted by Crippen LogP contribution is -2.33. The Bertz CT molecular complexity index is 386. The van der Waals surface area contributed by atoms with E-state index in [1.807, 2.05) is 11.8 Å². The fourth-order valence-corrected chi connectivity index (χ4v) is 3.22. The zero-order chi connectivity index (χ0) is 13.2. The SMILES string of the molecule is CCSc1ccc(N(C)C2CNC(C)(C)C2)cc1. The van der Waals surface area contributed by atoms with Crippen LogP contribution in [0.4, 0.5) is 5.69 Å². The molecule has 18 heavy (non-hydrogen) atoms. The number of hydrogen-bond donors (Lipinski definition) is 1. The summed E-state index contributed by atoms with van der Waals surface area (Å²) in [5.74, 6) is 1.13. The zero-order valence-corrected chi connectivity index (χ0v) is 12.7. The van der Waals surface area contributed by atoms with Crippen LogP contribution >= 0.6 is 11.8 Å². The van der Waals surface area contributed by atoms with E-state index in [0.29, 0.717) is 6.04 Å². The molecule has 1 fully saturated rings. The fourth-order valence-electron chi connectivity index (χ4n) is 2.56. The summed E-state index contributed by atoms with van der Waals surface area (Å²) >= 11 is 1.90. The summed E-state index contributed by atoms with van der Waals surface area (Å²) in [4.78, 5) is 3.77. The van der Waals surface area contributed by atoms with Crippen molar-refractivity contribution in [3.63, 3.8) is 0 Å². The molecule has 1 unspecified atom stereocenters. The third-order valence-electron chi connectivity index (χ3n) is 3.66. The van der Waals surface area contributed by atoms with Crippen LogP contribution in [0, 0.1) is 0 Å². The quantitative estimate of drug-likeness (QED) is 0.839. The van der Waals surface area contributed by atoms with E-state index in [0.717, 1.165) is 12.3 Å². The largest absolute Gasteiger partial charge is 0.370 e. The van der Waals surface area contributed by atoms with E-state index >= 15 is 0 Å². The van der Waals surface area contributed by atoms with Gasteiger partial charge in [-0.25, -0.2) is 0 Å². The van der Waals surface area contributed by atoms with Gasteiger partial charge in [-0.2, -0.15) is 0 Å². The molecule has 2 rings (SSSR count). The minimum absolute atomic E-state index is 0.275. The third kappa shape index (κ3) is 3.21. The molecular formula is C15H24N2S. The summed E-state index contributed by atoms with van der Waals surface area (Å²) in [5, 5.41) is 3.58. The molecule has 1 saturated heterocycles. The zero-order valence-electron chi connectivity index (χ0n) is 11.9. The summed E-state index contributed by atoms with van der Waals surface area (Å²) in [5.41, 5.74) is 1.59. The van der Waals surface area contributed by atoms with Crippen LogP contribution in [0.5, 0.6) is 0 Å². The molecule has 1 N–H and O–H groups in total. The minimum atomic E-state index is 0.275. The van der Waals surface area contributed by atoms with Crippen molar-refractivity contribution in [2.24, 2.45) is 0 Å². The van der Waals surface area contributed by atoms with Crippen LogP contribution in [-0.4, -0.2) is 30.9 Å². The van der Waals surface area contributed by atoms with Gasteiger partial charge in [0, 0.05) is 35.8 Å². The van der Waals surface area contributed by atoms with E-state index in [2.05, 4.69) is 62.3 Å². The number of hydrogen-bond acceptors (Lipinski definition) is 3. The Morgan fingerprint density at radius 2 is 2.00 bits per heavy atom. The Balaban J connectivity index is 2.03. The number of rotatable bonds is 4. The van der Waals surface area contributed by atoms with Gasteiger partial charge in [-0.15, -0.1) is 11.8 Å². The highest BCUT2D eigenvalue weighted by molar-refractivity contribution is 7.99. The first-order valence-corrected chi connectivity index (χ1v) is 7.71. The number of nitrogens with zero attached hydrogens (tertiary/aromatic N) is 1. The maximum Gasteiger partial charge on any atom is 0.0428 e. The Kier molecular flexibility index (Phi) is 4.23. The smallest absolute Gasteiger partial charge is 0.0428 e. The monoisotopic (exact) mass is 264 g/mol. The topological polar surface area (TPSA) is 15.3 Å². The predicted octanol–water partition coefficient (Wildman–Crippen LogP) is 3.38. The van der Waals surface area contributed by atoms with E-state index in [1.165, 1.54) is 17.0 Å². The number of thioether (sulfide) groups is 1. The lowest BCUT2D eigenvalue weighted by Gasteiger charge is -2.27. The second kappa shape index (κ2) is 5.54. The second-order valence-corrected chi connectivity index (χ2v) is 7.00. The van der Waals surface area contributed by atoms with E-state index in [1.54, 1.807) is 0 Å². The number of benzene rings is 1. The van der Waals surface area contributed by atoms with Gasteiger partial charge in [0.1, 0.15) is 0 Å². The van der Waals surface area contributed by atoms with Crippen LogP contribution in [-0.2, 0) is 0 Å². The summed E-state index contributed by atoms with van der Waals surface area (Å²) in [7, 11) is 2.20. The molecule has 1 atom stereocenters. The van der Waals surface area contributed by atoms with Crippen LogP contribution < -0.4 is 10.2 Å². The molecule has 3 heteroatoms. The van der Waals surface area contributed by atoms with Crippen LogP contribution in [0.3, 0.4) is 0 Å². The van der Waals surface area contributed by atoms with Crippen LogP contribution in [0.15, 0.2) is 29.2 Å². The van der Waals surface area contributed by atoms with Gasteiger partial charge in [-0.3, -0.25) is 0 Å². The Morgan fingerprint density at radius 1 is 1.33 bits per heavy atom.